The van der Waals surface area contributed by atoms with E-state index in [1.807, 2.05) is 30.3 Å². The van der Waals surface area contributed by atoms with E-state index < -0.39 is 23.4 Å². The lowest BCUT2D eigenvalue weighted by atomic mass is 9.93. The lowest BCUT2D eigenvalue weighted by Crippen LogP contribution is -2.40. The number of phenolic OH excluding ortho intramolecular Hbond substituents is 1. The van der Waals surface area contributed by atoms with Crippen molar-refractivity contribution in [1.29, 1.82) is 0 Å². The van der Waals surface area contributed by atoms with Crippen LogP contribution in [-0.2, 0) is 9.53 Å². The Labute approximate surface area is 237 Å². The van der Waals surface area contributed by atoms with Crippen LogP contribution in [-0.4, -0.2) is 22.2 Å². The molecule has 1 N–H and O–H groups in total. The summed E-state index contributed by atoms with van der Waals surface area (Å²) in [6, 6.07) is 17.3. The number of nitrogens with zero attached hydrogens (tertiary/aromatic N) is 2. The number of aromatic nitrogens is 1. The van der Waals surface area contributed by atoms with Crippen LogP contribution < -0.4 is 14.9 Å². The van der Waals surface area contributed by atoms with E-state index in [0.717, 1.165) is 11.3 Å². The van der Waals surface area contributed by atoms with Crippen molar-refractivity contribution in [3.63, 3.8) is 0 Å². The van der Waals surface area contributed by atoms with Crippen LogP contribution in [0.25, 0.3) is 11.8 Å². The minimum absolute atomic E-state index is 0.0219. The molecule has 38 heavy (non-hydrogen) atoms. The Morgan fingerprint density at radius 1 is 1.16 bits per heavy atom. The zero-order valence-electron chi connectivity index (χ0n) is 19.8. The highest BCUT2D eigenvalue weighted by Gasteiger charge is 2.35. The highest BCUT2D eigenvalue weighted by atomic mass is 79.9. The predicted molar refractivity (Wildman–Crippen MR) is 151 cm³/mol. The lowest BCUT2D eigenvalue weighted by Gasteiger charge is -2.25. The fraction of sp³-hybridized carbons (Fsp3) is 0.107. The first-order chi connectivity index (χ1) is 18.3. The molecule has 0 spiro atoms. The fourth-order valence-electron chi connectivity index (χ4n) is 4.24. The second kappa shape index (κ2) is 10.8. The highest BCUT2D eigenvalue weighted by Crippen LogP contribution is 2.35. The summed E-state index contributed by atoms with van der Waals surface area (Å²) in [5.41, 5.74) is 1.76. The van der Waals surface area contributed by atoms with Gasteiger partial charge >= 0.3 is 5.97 Å². The number of ether oxygens (including phenoxy) is 1. The molecule has 0 radical (unpaired) electrons. The minimum atomic E-state index is -0.911. The van der Waals surface area contributed by atoms with Crippen molar-refractivity contribution in [3.8, 4) is 5.75 Å². The minimum Gasteiger partial charge on any atom is -0.506 e. The fourth-order valence-corrected chi connectivity index (χ4v) is 6.49. The number of benzene rings is 3. The Morgan fingerprint density at radius 3 is 2.55 bits per heavy atom. The molecule has 10 heteroatoms. The van der Waals surface area contributed by atoms with Crippen LogP contribution in [0.4, 0.5) is 4.39 Å². The van der Waals surface area contributed by atoms with Gasteiger partial charge in [0, 0.05) is 15.6 Å². The monoisotopic (exact) mass is 656 g/mol. The van der Waals surface area contributed by atoms with Gasteiger partial charge in [-0.15, -0.1) is 0 Å². The van der Waals surface area contributed by atoms with Gasteiger partial charge in [0.25, 0.3) is 5.56 Å². The number of carbonyl (C=O) groups excluding carboxylic acids is 1. The summed E-state index contributed by atoms with van der Waals surface area (Å²) < 4.78 is 22.2. The van der Waals surface area contributed by atoms with Crippen molar-refractivity contribution >= 4 is 60.9 Å². The molecular weight excluding hydrogens is 639 g/mol. The van der Waals surface area contributed by atoms with Gasteiger partial charge in [-0.05, 0) is 58.8 Å². The molecular formula is C28H19Br2FN2O4S. The number of phenols is 1. The van der Waals surface area contributed by atoms with E-state index in [2.05, 4.69) is 31.9 Å². The van der Waals surface area contributed by atoms with Gasteiger partial charge in [0.1, 0.15) is 11.6 Å². The summed E-state index contributed by atoms with van der Waals surface area (Å²) in [6.07, 6.45) is 1.58. The number of aromatic hydroxyl groups is 1. The van der Waals surface area contributed by atoms with Crippen molar-refractivity contribution < 1.29 is 19.0 Å². The molecule has 192 valence electrons. The van der Waals surface area contributed by atoms with Crippen LogP contribution >= 0.6 is 43.2 Å². The second-order valence-electron chi connectivity index (χ2n) is 8.31. The van der Waals surface area contributed by atoms with E-state index in [1.165, 1.54) is 16.7 Å². The molecule has 4 aromatic rings. The number of carbonyl (C=O) groups is 1. The van der Waals surface area contributed by atoms with Gasteiger partial charge in [-0.1, -0.05) is 69.7 Å². The van der Waals surface area contributed by atoms with Crippen molar-refractivity contribution in [2.45, 2.75) is 13.0 Å². The number of halogens is 3. The molecule has 1 aliphatic rings. The second-order valence-corrected chi connectivity index (χ2v) is 11.1. The molecule has 1 aliphatic heterocycles. The molecule has 0 bridgehead atoms. The van der Waals surface area contributed by atoms with E-state index in [4.69, 9.17) is 9.73 Å². The first-order valence-electron chi connectivity index (χ1n) is 11.5. The van der Waals surface area contributed by atoms with Gasteiger partial charge in [0.2, 0.25) is 0 Å². The predicted octanol–water partition coefficient (Wildman–Crippen LogP) is 5.31. The van der Waals surface area contributed by atoms with Gasteiger partial charge in [0.15, 0.2) is 4.80 Å². The third-order valence-electron chi connectivity index (χ3n) is 5.90. The molecule has 0 saturated carbocycles. The molecule has 0 saturated heterocycles. The molecule has 0 fully saturated rings. The molecule has 0 unspecified atom stereocenters. The Kier molecular flexibility index (Phi) is 7.47. The molecule has 2 heterocycles. The normalized spacial score (nSPS) is 15.3. The van der Waals surface area contributed by atoms with Gasteiger partial charge in [0.05, 0.1) is 32.9 Å². The Hall–Kier alpha value is -3.34. The third kappa shape index (κ3) is 4.91. The number of fused-ring (bicyclic) bond motifs is 1. The lowest BCUT2D eigenvalue weighted by molar-refractivity contribution is -0.138. The van der Waals surface area contributed by atoms with Crippen LogP contribution in [0.1, 0.15) is 29.7 Å². The van der Waals surface area contributed by atoms with Gasteiger partial charge in [-0.3, -0.25) is 9.36 Å². The van der Waals surface area contributed by atoms with Crippen LogP contribution in [0.3, 0.4) is 0 Å². The van der Waals surface area contributed by atoms with Crippen molar-refractivity contribution in [2.24, 2.45) is 4.99 Å². The van der Waals surface area contributed by atoms with Crippen LogP contribution in [0.2, 0.25) is 0 Å². The summed E-state index contributed by atoms with van der Waals surface area (Å²) in [5.74, 6) is -1.08. The maximum atomic E-state index is 13.9. The molecule has 3 aromatic carbocycles. The summed E-state index contributed by atoms with van der Waals surface area (Å²) in [4.78, 5) is 32.4. The number of hydrogen-bond donors (Lipinski definition) is 1. The SMILES string of the molecule is CCOC(=O)C1=C(c2ccccc2)N=c2s/c(=C\c3cc(Br)cc(Br)c3O)c(=O)n2[C@@H]1c1ccc(F)cc1. The van der Waals surface area contributed by atoms with Crippen molar-refractivity contribution in [3.05, 3.63) is 123 Å². The van der Waals surface area contributed by atoms with E-state index >= 15 is 0 Å². The first kappa shape index (κ1) is 26.3. The molecule has 1 atom stereocenters. The van der Waals surface area contributed by atoms with E-state index in [1.54, 1.807) is 37.3 Å². The maximum absolute atomic E-state index is 13.9. The summed E-state index contributed by atoms with van der Waals surface area (Å²) in [5, 5.41) is 10.6. The van der Waals surface area contributed by atoms with Crippen molar-refractivity contribution in [1.82, 2.24) is 4.57 Å². The van der Waals surface area contributed by atoms with Crippen LogP contribution in [0.5, 0.6) is 5.75 Å². The van der Waals surface area contributed by atoms with Crippen molar-refractivity contribution in [2.75, 3.05) is 6.61 Å². The average Bonchev–Trinajstić information content (AvgIpc) is 3.21. The Morgan fingerprint density at radius 2 is 1.87 bits per heavy atom. The largest absolute Gasteiger partial charge is 0.506 e. The smallest absolute Gasteiger partial charge is 0.338 e. The Bertz CT molecular complexity index is 1760. The highest BCUT2D eigenvalue weighted by molar-refractivity contribution is 9.11. The Balaban J connectivity index is 1.84. The van der Waals surface area contributed by atoms with E-state index in [0.29, 0.717) is 40.7 Å². The number of thiazole rings is 1. The molecule has 6 nitrogen and oxygen atoms in total. The van der Waals surface area contributed by atoms with Crippen LogP contribution in [0.15, 0.2) is 91.0 Å². The van der Waals surface area contributed by atoms with Crippen LogP contribution in [0, 0.1) is 5.82 Å². The zero-order chi connectivity index (χ0) is 27.0. The molecule has 0 amide bonds. The van der Waals surface area contributed by atoms with Gasteiger partial charge < -0.3 is 9.84 Å². The van der Waals surface area contributed by atoms with Gasteiger partial charge in [-0.25, -0.2) is 14.2 Å². The quantitative estimate of drug-likeness (QED) is 0.295. The third-order valence-corrected chi connectivity index (χ3v) is 7.95. The molecule has 0 aliphatic carbocycles. The van der Waals surface area contributed by atoms with E-state index in [-0.39, 0.29) is 17.9 Å². The summed E-state index contributed by atoms with van der Waals surface area (Å²) >= 11 is 7.85. The first-order valence-corrected chi connectivity index (χ1v) is 13.9. The number of hydrogen-bond acceptors (Lipinski definition) is 6. The maximum Gasteiger partial charge on any atom is 0.338 e. The molecule has 1 aromatic heterocycles. The number of esters is 1. The topological polar surface area (TPSA) is 80.9 Å². The average molecular weight is 658 g/mol. The van der Waals surface area contributed by atoms with Gasteiger partial charge in [-0.2, -0.15) is 0 Å². The molecule has 5 rings (SSSR count). The summed E-state index contributed by atoms with van der Waals surface area (Å²) in [7, 11) is 0. The van der Waals surface area contributed by atoms with E-state index in [9.17, 15) is 19.1 Å². The number of rotatable bonds is 5. The summed E-state index contributed by atoms with van der Waals surface area (Å²) in [6.45, 7) is 1.83. The zero-order valence-corrected chi connectivity index (χ0v) is 23.8. The standard InChI is InChI=1S/C28H19Br2FN2O4S/c1-2-37-27(36)22-23(15-6-4-3-5-7-15)32-28-33(24(22)16-8-10-19(31)11-9-16)26(35)21(38-28)13-17-12-18(29)14-20(30)25(17)34/h3-14,24,34H,2H2,1H3/b21-13-/t24-/m1/s1.